The first-order valence-corrected chi connectivity index (χ1v) is 8.27. The van der Waals surface area contributed by atoms with E-state index >= 15 is 0 Å². The van der Waals surface area contributed by atoms with Crippen LogP contribution in [0.1, 0.15) is 19.3 Å². The summed E-state index contributed by atoms with van der Waals surface area (Å²) < 4.78 is 27.1. The minimum atomic E-state index is -3.50. The zero-order chi connectivity index (χ0) is 12.5. The third-order valence-electron chi connectivity index (χ3n) is 2.71. The third kappa shape index (κ3) is 2.55. The van der Waals surface area contributed by atoms with Crippen molar-refractivity contribution in [3.63, 3.8) is 0 Å². The van der Waals surface area contributed by atoms with Crippen LogP contribution in [0.5, 0.6) is 0 Å². The Morgan fingerprint density at radius 3 is 2.82 bits per heavy atom. The molecule has 4 nitrogen and oxygen atoms in total. The lowest BCUT2D eigenvalue weighted by Crippen LogP contribution is -2.42. The molecule has 0 radical (unpaired) electrons. The summed E-state index contributed by atoms with van der Waals surface area (Å²) in [7, 11) is -3.50. The molecule has 0 aromatic carbocycles. The normalized spacial score (nSPS) is 22.2. The smallest absolute Gasteiger partial charge is 0.206 e. The number of thiophene rings is 1. The topological polar surface area (TPSA) is 61.2 Å². The summed E-state index contributed by atoms with van der Waals surface area (Å²) in [4.78, 5) is 0. The molecule has 17 heavy (non-hydrogen) atoms. The Labute approximate surface area is 113 Å². The van der Waals surface area contributed by atoms with Crippen LogP contribution in [0.4, 0.5) is 0 Å². The SMILES string of the molecule is N#CC1CCCCN1S(=O)(=O)c1ccc(Br)s1. The van der Waals surface area contributed by atoms with E-state index in [9.17, 15) is 8.42 Å². The maximum absolute atomic E-state index is 12.3. The van der Waals surface area contributed by atoms with Gasteiger partial charge in [0.15, 0.2) is 0 Å². The van der Waals surface area contributed by atoms with E-state index in [0.717, 1.165) is 16.6 Å². The van der Waals surface area contributed by atoms with Crippen molar-refractivity contribution in [3.05, 3.63) is 15.9 Å². The minimum Gasteiger partial charge on any atom is -0.206 e. The van der Waals surface area contributed by atoms with Crippen LogP contribution in [0.2, 0.25) is 0 Å². The fraction of sp³-hybridized carbons (Fsp3) is 0.500. The quantitative estimate of drug-likeness (QED) is 0.835. The van der Waals surface area contributed by atoms with Gasteiger partial charge in [0.05, 0.1) is 9.86 Å². The van der Waals surface area contributed by atoms with Crippen molar-refractivity contribution < 1.29 is 8.42 Å². The Morgan fingerprint density at radius 2 is 2.24 bits per heavy atom. The molecule has 0 spiro atoms. The lowest BCUT2D eigenvalue weighted by atomic mass is 10.1. The molecule has 1 aromatic heterocycles. The molecular weight excluding hydrogens is 324 g/mol. The second-order valence-electron chi connectivity index (χ2n) is 3.81. The van der Waals surface area contributed by atoms with Crippen LogP contribution in [-0.2, 0) is 10.0 Å². The lowest BCUT2D eigenvalue weighted by Gasteiger charge is -2.29. The molecule has 0 saturated carbocycles. The van der Waals surface area contributed by atoms with E-state index in [4.69, 9.17) is 5.26 Å². The Bertz CT molecular complexity index is 547. The molecule has 2 rings (SSSR count). The fourth-order valence-electron chi connectivity index (χ4n) is 1.87. The van der Waals surface area contributed by atoms with E-state index in [-0.39, 0.29) is 0 Å². The van der Waals surface area contributed by atoms with E-state index in [0.29, 0.717) is 17.2 Å². The van der Waals surface area contributed by atoms with Crippen LogP contribution in [0.25, 0.3) is 0 Å². The average molecular weight is 335 g/mol. The first-order valence-electron chi connectivity index (χ1n) is 5.22. The molecule has 0 bridgehead atoms. The van der Waals surface area contributed by atoms with Crippen LogP contribution < -0.4 is 0 Å². The highest BCUT2D eigenvalue weighted by atomic mass is 79.9. The van der Waals surface area contributed by atoms with Gasteiger partial charge in [0.25, 0.3) is 10.0 Å². The number of sulfonamides is 1. The van der Waals surface area contributed by atoms with E-state index in [2.05, 4.69) is 22.0 Å². The summed E-state index contributed by atoms with van der Waals surface area (Å²) in [5.74, 6) is 0. The molecule has 1 fully saturated rings. The molecule has 1 aromatic rings. The Hall–Kier alpha value is -0.420. The minimum absolute atomic E-state index is 0.298. The maximum atomic E-state index is 12.3. The molecule has 1 aliphatic heterocycles. The van der Waals surface area contributed by atoms with Gasteiger partial charge in [-0.1, -0.05) is 0 Å². The molecule has 1 saturated heterocycles. The van der Waals surface area contributed by atoms with Crippen LogP contribution in [0.15, 0.2) is 20.1 Å². The van der Waals surface area contributed by atoms with Crippen LogP contribution in [0, 0.1) is 11.3 Å². The summed E-state index contributed by atoms with van der Waals surface area (Å²) >= 11 is 4.43. The summed E-state index contributed by atoms with van der Waals surface area (Å²) in [5, 5.41) is 9.01. The predicted octanol–water partition coefficient (Wildman–Crippen LogP) is 2.58. The predicted molar refractivity (Wildman–Crippen MR) is 69.2 cm³/mol. The average Bonchev–Trinajstić information content (AvgIpc) is 2.76. The molecule has 1 unspecified atom stereocenters. The first kappa shape index (κ1) is 13.0. The largest absolute Gasteiger partial charge is 0.253 e. The highest BCUT2D eigenvalue weighted by molar-refractivity contribution is 9.11. The summed E-state index contributed by atoms with van der Waals surface area (Å²) in [6.07, 6.45) is 2.37. The number of hydrogen-bond donors (Lipinski definition) is 0. The standard InChI is InChI=1S/C10H11BrN2O2S2/c11-9-4-5-10(16-9)17(14,15)13-6-2-1-3-8(13)7-12/h4-5,8H,1-3,6H2. The summed E-state index contributed by atoms with van der Waals surface area (Å²) in [5.41, 5.74) is 0. The molecule has 7 heteroatoms. The van der Waals surface area contributed by atoms with Gasteiger partial charge in [0, 0.05) is 6.54 Å². The van der Waals surface area contributed by atoms with Crippen molar-refractivity contribution in [2.24, 2.45) is 0 Å². The van der Waals surface area contributed by atoms with Crippen LogP contribution in [0.3, 0.4) is 0 Å². The number of nitrogens with zero attached hydrogens (tertiary/aromatic N) is 2. The molecule has 0 N–H and O–H groups in total. The van der Waals surface area contributed by atoms with E-state index in [1.165, 1.54) is 15.6 Å². The van der Waals surface area contributed by atoms with E-state index in [1.54, 1.807) is 12.1 Å². The molecule has 1 aliphatic rings. The second kappa shape index (κ2) is 5.06. The lowest BCUT2D eigenvalue weighted by molar-refractivity contribution is 0.297. The van der Waals surface area contributed by atoms with Gasteiger partial charge in [-0.25, -0.2) is 8.42 Å². The van der Waals surface area contributed by atoms with Crippen molar-refractivity contribution in [1.29, 1.82) is 5.26 Å². The van der Waals surface area contributed by atoms with Crippen LogP contribution in [-0.4, -0.2) is 25.3 Å². The number of nitriles is 1. The zero-order valence-corrected chi connectivity index (χ0v) is 12.2. The van der Waals surface area contributed by atoms with Crippen molar-refractivity contribution in [3.8, 4) is 6.07 Å². The Balaban J connectivity index is 2.35. The monoisotopic (exact) mass is 334 g/mol. The van der Waals surface area contributed by atoms with Crippen LogP contribution >= 0.6 is 27.3 Å². The first-order chi connectivity index (χ1) is 8.05. The van der Waals surface area contributed by atoms with Gasteiger partial charge >= 0.3 is 0 Å². The Morgan fingerprint density at radius 1 is 1.47 bits per heavy atom. The van der Waals surface area contributed by atoms with Gasteiger partial charge < -0.3 is 0 Å². The number of rotatable bonds is 2. The van der Waals surface area contributed by atoms with Gasteiger partial charge in [-0.15, -0.1) is 11.3 Å². The molecular formula is C10H11BrN2O2S2. The summed E-state index contributed by atoms with van der Waals surface area (Å²) in [6, 6.07) is 4.85. The highest BCUT2D eigenvalue weighted by Gasteiger charge is 2.34. The molecule has 0 aliphatic carbocycles. The number of hydrogen-bond acceptors (Lipinski definition) is 4. The van der Waals surface area contributed by atoms with Crippen molar-refractivity contribution in [1.82, 2.24) is 4.31 Å². The van der Waals surface area contributed by atoms with Crippen molar-refractivity contribution >= 4 is 37.3 Å². The van der Waals surface area contributed by atoms with Gasteiger partial charge in [-0.05, 0) is 47.3 Å². The number of halogens is 1. The fourth-order valence-corrected chi connectivity index (χ4v) is 5.62. The van der Waals surface area contributed by atoms with Crippen molar-refractivity contribution in [2.75, 3.05) is 6.54 Å². The van der Waals surface area contributed by atoms with Gasteiger partial charge in [0.2, 0.25) is 0 Å². The van der Waals surface area contributed by atoms with E-state index in [1.807, 2.05) is 0 Å². The van der Waals surface area contributed by atoms with Gasteiger partial charge in [0.1, 0.15) is 10.3 Å². The molecule has 92 valence electrons. The number of piperidine rings is 1. The molecule has 2 heterocycles. The van der Waals surface area contributed by atoms with Gasteiger partial charge in [-0.2, -0.15) is 9.57 Å². The van der Waals surface area contributed by atoms with E-state index < -0.39 is 16.1 Å². The molecule has 1 atom stereocenters. The maximum Gasteiger partial charge on any atom is 0.253 e. The zero-order valence-electron chi connectivity index (χ0n) is 8.97. The summed E-state index contributed by atoms with van der Waals surface area (Å²) in [6.45, 7) is 0.441. The molecule has 0 amide bonds. The second-order valence-corrected chi connectivity index (χ2v) is 8.40. The third-order valence-corrected chi connectivity index (χ3v) is 6.71. The Kier molecular flexibility index (Phi) is 3.88. The highest BCUT2D eigenvalue weighted by Crippen LogP contribution is 2.31. The van der Waals surface area contributed by atoms with Crippen molar-refractivity contribution in [2.45, 2.75) is 29.5 Å². The van der Waals surface area contributed by atoms with Gasteiger partial charge in [-0.3, -0.25) is 0 Å².